The monoisotopic (exact) mass is 295 g/mol. The summed E-state index contributed by atoms with van der Waals surface area (Å²) >= 11 is 0. The maximum atomic E-state index is 11.0. The average molecular weight is 295 g/mol. The van der Waals surface area contributed by atoms with E-state index in [1.807, 2.05) is 0 Å². The second-order valence-corrected chi connectivity index (χ2v) is 5.23. The van der Waals surface area contributed by atoms with Gasteiger partial charge in [-0.25, -0.2) is 0 Å². The summed E-state index contributed by atoms with van der Waals surface area (Å²) in [6, 6.07) is 3.56. The highest BCUT2D eigenvalue weighted by molar-refractivity contribution is 5.65. The molecule has 0 aliphatic heterocycles. The Hall–Kier alpha value is -2.22. The molecule has 8 nitrogen and oxygen atoms in total. The standard InChI is InChI=1S/C13H17N3O5/c17-8-10-3-1-2-9(10)7-14-12-5-4-11(15(18)19)6-13(12)16(20)21/h4-6,9-10,14,17H,1-3,7-8H2. The van der Waals surface area contributed by atoms with Gasteiger partial charge in [0, 0.05) is 19.2 Å². The summed E-state index contributed by atoms with van der Waals surface area (Å²) in [5.74, 6) is 0.486. The minimum Gasteiger partial charge on any atom is -0.396 e. The van der Waals surface area contributed by atoms with Crippen LogP contribution in [-0.4, -0.2) is 28.1 Å². The number of nitro benzene ring substituents is 2. The van der Waals surface area contributed by atoms with Gasteiger partial charge in [0.25, 0.3) is 11.4 Å². The summed E-state index contributed by atoms with van der Waals surface area (Å²) < 4.78 is 0. The van der Waals surface area contributed by atoms with E-state index in [-0.39, 0.29) is 35.5 Å². The first kappa shape index (κ1) is 15.2. The molecule has 0 saturated heterocycles. The van der Waals surface area contributed by atoms with Crippen molar-refractivity contribution >= 4 is 17.1 Å². The van der Waals surface area contributed by atoms with E-state index >= 15 is 0 Å². The van der Waals surface area contributed by atoms with Crippen LogP contribution in [0.1, 0.15) is 19.3 Å². The Kier molecular flexibility index (Phi) is 4.69. The van der Waals surface area contributed by atoms with E-state index in [4.69, 9.17) is 0 Å². The van der Waals surface area contributed by atoms with Crippen LogP contribution >= 0.6 is 0 Å². The van der Waals surface area contributed by atoms with Crippen molar-refractivity contribution in [2.75, 3.05) is 18.5 Å². The summed E-state index contributed by atoms with van der Waals surface area (Å²) in [7, 11) is 0. The van der Waals surface area contributed by atoms with Crippen LogP contribution in [-0.2, 0) is 0 Å². The molecule has 2 atom stereocenters. The molecule has 114 valence electrons. The van der Waals surface area contributed by atoms with Crippen molar-refractivity contribution in [1.29, 1.82) is 0 Å². The predicted molar refractivity (Wildman–Crippen MR) is 76.2 cm³/mol. The first-order chi connectivity index (χ1) is 10.0. The Morgan fingerprint density at radius 1 is 1.19 bits per heavy atom. The number of aliphatic hydroxyl groups excluding tert-OH is 1. The third-order valence-corrected chi connectivity index (χ3v) is 3.99. The number of nitrogens with one attached hydrogen (secondary N) is 1. The number of nitro groups is 2. The molecule has 0 radical (unpaired) electrons. The maximum Gasteiger partial charge on any atom is 0.299 e. The third kappa shape index (κ3) is 3.46. The quantitative estimate of drug-likeness (QED) is 0.614. The third-order valence-electron chi connectivity index (χ3n) is 3.99. The zero-order valence-electron chi connectivity index (χ0n) is 11.4. The molecule has 1 aromatic rings. The summed E-state index contributed by atoms with van der Waals surface area (Å²) in [4.78, 5) is 20.4. The van der Waals surface area contributed by atoms with E-state index in [1.165, 1.54) is 12.1 Å². The fourth-order valence-corrected chi connectivity index (χ4v) is 2.80. The average Bonchev–Trinajstić information content (AvgIpc) is 2.92. The smallest absolute Gasteiger partial charge is 0.299 e. The zero-order chi connectivity index (χ0) is 15.4. The Morgan fingerprint density at radius 2 is 1.90 bits per heavy atom. The van der Waals surface area contributed by atoms with Crippen molar-refractivity contribution < 1.29 is 15.0 Å². The molecule has 2 unspecified atom stereocenters. The highest BCUT2D eigenvalue weighted by Crippen LogP contribution is 2.33. The number of non-ortho nitro benzene ring substituents is 1. The van der Waals surface area contributed by atoms with Gasteiger partial charge < -0.3 is 10.4 Å². The van der Waals surface area contributed by atoms with Crippen molar-refractivity contribution in [3.8, 4) is 0 Å². The molecule has 1 aliphatic carbocycles. The fourth-order valence-electron chi connectivity index (χ4n) is 2.80. The van der Waals surface area contributed by atoms with Crippen LogP contribution in [0.4, 0.5) is 17.1 Å². The van der Waals surface area contributed by atoms with Crippen molar-refractivity contribution in [2.45, 2.75) is 19.3 Å². The Morgan fingerprint density at radius 3 is 2.52 bits per heavy atom. The summed E-state index contributed by atoms with van der Waals surface area (Å²) in [6.07, 6.45) is 2.98. The molecule has 0 aromatic heterocycles. The van der Waals surface area contributed by atoms with Gasteiger partial charge >= 0.3 is 0 Å². The van der Waals surface area contributed by atoms with Crippen LogP contribution in [0.2, 0.25) is 0 Å². The lowest BCUT2D eigenvalue weighted by atomic mass is 9.97. The van der Waals surface area contributed by atoms with E-state index in [1.54, 1.807) is 0 Å². The Bertz CT molecular complexity index is 549. The van der Waals surface area contributed by atoms with Crippen molar-refractivity contribution in [2.24, 2.45) is 11.8 Å². The molecule has 1 aromatic carbocycles. The van der Waals surface area contributed by atoms with Crippen LogP contribution in [0.25, 0.3) is 0 Å². The molecule has 0 heterocycles. The molecule has 0 spiro atoms. The first-order valence-corrected chi connectivity index (χ1v) is 6.80. The molecular formula is C13H17N3O5. The first-order valence-electron chi connectivity index (χ1n) is 6.80. The predicted octanol–water partition coefficient (Wildman–Crippen LogP) is 2.32. The van der Waals surface area contributed by atoms with Gasteiger partial charge in [-0.15, -0.1) is 0 Å². The molecular weight excluding hydrogens is 278 g/mol. The summed E-state index contributed by atoms with van der Waals surface area (Å²) in [5.41, 5.74) is -0.335. The van der Waals surface area contributed by atoms with Crippen LogP contribution in [0, 0.1) is 32.1 Å². The van der Waals surface area contributed by atoms with Crippen LogP contribution in [0.3, 0.4) is 0 Å². The van der Waals surface area contributed by atoms with Gasteiger partial charge in [-0.3, -0.25) is 20.2 Å². The van der Waals surface area contributed by atoms with Crippen molar-refractivity contribution in [1.82, 2.24) is 0 Å². The van der Waals surface area contributed by atoms with Gasteiger partial charge in [-0.05, 0) is 30.7 Å². The molecule has 1 aliphatic rings. The Labute approximate surface area is 121 Å². The van der Waals surface area contributed by atoms with Gasteiger partial charge in [0.15, 0.2) is 0 Å². The molecule has 21 heavy (non-hydrogen) atoms. The van der Waals surface area contributed by atoms with Crippen molar-refractivity contribution in [3.63, 3.8) is 0 Å². The lowest BCUT2D eigenvalue weighted by Gasteiger charge is -2.18. The molecule has 1 fully saturated rings. The van der Waals surface area contributed by atoms with E-state index < -0.39 is 9.85 Å². The van der Waals surface area contributed by atoms with Gasteiger partial charge in [0.05, 0.1) is 15.9 Å². The zero-order valence-corrected chi connectivity index (χ0v) is 11.4. The number of anilines is 1. The summed E-state index contributed by atoms with van der Waals surface area (Å²) in [6.45, 7) is 0.637. The van der Waals surface area contributed by atoms with E-state index in [9.17, 15) is 25.3 Å². The number of rotatable bonds is 6. The molecule has 0 bridgehead atoms. The highest BCUT2D eigenvalue weighted by Gasteiger charge is 2.27. The lowest BCUT2D eigenvalue weighted by molar-refractivity contribution is -0.393. The normalized spacial score (nSPS) is 21.2. The van der Waals surface area contributed by atoms with Gasteiger partial charge in [0.2, 0.25) is 0 Å². The molecule has 2 rings (SSSR count). The minimum atomic E-state index is -0.657. The molecule has 2 N–H and O–H groups in total. The second kappa shape index (κ2) is 6.49. The second-order valence-electron chi connectivity index (χ2n) is 5.23. The fraction of sp³-hybridized carbons (Fsp3) is 0.538. The van der Waals surface area contributed by atoms with E-state index in [0.29, 0.717) is 6.54 Å². The number of aliphatic hydroxyl groups is 1. The molecule has 0 amide bonds. The van der Waals surface area contributed by atoms with E-state index in [2.05, 4.69) is 5.32 Å². The topological polar surface area (TPSA) is 119 Å². The number of hydrogen-bond acceptors (Lipinski definition) is 6. The van der Waals surface area contributed by atoms with Crippen LogP contribution in [0.15, 0.2) is 18.2 Å². The van der Waals surface area contributed by atoms with E-state index in [0.717, 1.165) is 25.3 Å². The molecule has 8 heteroatoms. The number of hydrogen-bond donors (Lipinski definition) is 2. The van der Waals surface area contributed by atoms with Gasteiger partial charge in [-0.1, -0.05) is 6.42 Å². The Balaban J connectivity index is 2.12. The number of benzene rings is 1. The van der Waals surface area contributed by atoms with Gasteiger partial charge in [-0.2, -0.15) is 0 Å². The van der Waals surface area contributed by atoms with Crippen LogP contribution in [0.5, 0.6) is 0 Å². The number of nitrogens with zero attached hydrogens (tertiary/aromatic N) is 2. The van der Waals surface area contributed by atoms with Crippen molar-refractivity contribution in [3.05, 3.63) is 38.4 Å². The maximum absolute atomic E-state index is 11.0. The van der Waals surface area contributed by atoms with Crippen LogP contribution < -0.4 is 5.32 Å². The SMILES string of the molecule is O=[N+]([O-])c1ccc(NCC2CCCC2CO)c([N+](=O)[O-])c1. The molecule has 1 saturated carbocycles. The van der Waals surface area contributed by atoms with Gasteiger partial charge in [0.1, 0.15) is 5.69 Å². The minimum absolute atomic E-state index is 0.120. The largest absolute Gasteiger partial charge is 0.396 e. The lowest BCUT2D eigenvalue weighted by Crippen LogP contribution is -2.21. The summed E-state index contributed by atoms with van der Waals surface area (Å²) in [5, 5.41) is 33.9. The highest BCUT2D eigenvalue weighted by atomic mass is 16.6.